The second-order valence-electron chi connectivity index (χ2n) is 13.8. The molecular formula is C39H77NO4. The molecule has 0 aliphatic heterocycles. The third kappa shape index (κ3) is 29.6. The average Bonchev–Trinajstić information content (AvgIpc) is 3.00. The molecule has 2 atom stereocenters. The first-order valence-corrected chi connectivity index (χ1v) is 19.4. The molecule has 5 nitrogen and oxygen atoms in total. The van der Waals surface area contributed by atoms with Crippen LogP contribution in [0.3, 0.4) is 0 Å². The Morgan fingerprint density at radius 3 is 1.39 bits per heavy atom. The molecule has 5 heteroatoms. The Hall–Kier alpha value is -1.10. The topological polar surface area (TPSA) is 55.8 Å². The highest BCUT2D eigenvalue weighted by Crippen LogP contribution is 2.21. The van der Waals surface area contributed by atoms with Gasteiger partial charge in [-0.2, -0.15) is 0 Å². The molecule has 0 spiro atoms. The van der Waals surface area contributed by atoms with Gasteiger partial charge in [-0.15, -0.1) is 0 Å². The van der Waals surface area contributed by atoms with Crippen LogP contribution < -0.4 is 0 Å². The van der Waals surface area contributed by atoms with E-state index < -0.39 is 0 Å². The summed E-state index contributed by atoms with van der Waals surface area (Å²) < 4.78 is 11.7. The minimum absolute atomic E-state index is 0.0255. The Labute approximate surface area is 275 Å². The SMILES string of the molecule is CCCCCCCCCCCCCC(COC(=O)C(CCCC)CCCCCCCCCCCC)OC(=O)CCCN(C)C. The van der Waals surface area contributed by atoms with Gasteiger partial charge < -0.3 is 14.4 Å². The number of rotatable bonds is 34. The van der Waals surface area contributed by atoms with Gasteiger partial charge >= 0.3 is 11.9 Å². The number of carbonyl (C=O) groups is 2. The molecule has 0 amide bonds. The maximum absolute atomic E-state index is 13.2. The van der Waals surface area contributed by atoms with Gasteiger partial charge in [0.1, 0.15) is 12.7 Å². The summed E-state index contributed by atoms with van der Waals surface area (Å²) in [6.45, 7) is 7.79. The van der Waals surface area contributed by atoms with E-state index >= 15 is 0 Å². The van der Waals surface area contributed by atoms with Crippen molar-refractivity contribution >= 4 is 11.9 Å². The van der Waals surface area contributed by atoms with Crippen LogP contribution in [0.25, 0.3) is 0 Å². The van der Waals surface area contributed by atoms with E-state index in [-0.39, 0.29) is 30.6 Å². The Morgan fingerprint density at radius 1 is 0.523 bits per heavy atom. The van der Waals surface area contributed by atoms with Crippen LogP contribution in [-0.2, 0) is 19.1 Å². The van der Waals surface area contributed by atoms with Crippen LogP contribution in [0.1, 0.15) is 201 Å². The fraction of sp³-hybridized carbons (Fsp3) is 0.949. The van der Waals surface area contributed by atoms with Crippen molar-refractivity contribution < 1.29 is 19.1 Å². The first-order valence-electron chi connectivity index (χ1n) is 19.4. The predicted molar refractivity (Wildman–Crippen MR) is 189 cm³/mol. The second kappa shape index (κ2) is 33.3. The molecular weight excluding hydrogens is 546 g/mol. The highest BCUT2D eigenvalue weighted by Gasteiger charge is 2.22. The molecule has 0 aliphatic rings. The number of hydrogen-bond acceptors (Lipinski definition) is 5. The van der Waals surface area contributed by atoms with Gasteiger partial charge in [0.2, 0.25) is 0 Å². The summed E-state index contributed by atoms with van der Waals surface area (Å²) in [4.78, 5) is 27.8. The maximum Gasteiger partial charge on any atom is 0.309 e. The maximum atomic E-state index is 13.2. The highest BCUT2D eigenvalue weighted by atomic mass is 16.6. The Balaban J connectivity index is 4.55. The van der Waals surface area contributed by atoms with Crippen molar-refractivity contribution in [3.63, 3.8) is 0 Å². The van der Waals surface area contributed by atoms with Gasteiger partial charge in [-0.05, 0) is 52.7 Å². The van der Waals surface area contributed by atoms with E-state index in [1.165, 1.54) is 116 Å². The van der Waals surface area contributed by atoms with Crippen molar-refractivity contribution in [1.29, 1.82) is 0 Å². The van der Waals surface area contributed by atoms with E-state index in [1.807, 2.05) is 14.1 Å². The molecule has 0 bridgehead atoms. The summed E-state index contributed by atoms with van der Waals surface area (Å²) in [6, 6.07) is 0. The van der Waals surface area contributed by atoms with Crippen LogP contribution in [0, 0.1) is 5.92 Å². The van der Waals surface area contributed by atoms with E-state index in [2.05, 4.69) is 25.7 Å². The fourth-order valence-electron chi connectivity index (χ4n) is 6.00. The zero-order valence-electron chi connectivity index (χ0n) is 30.4. The Kier molecular flexibility index (Phi) is 32.4. The summed E-state index contributed by atoms with van der Waals surface area (Å²) >= 11 is 0. The molecule has 0 saturated heterocycles. The molecule has 0 heterocycles. The third-order valence-corrected chi connectivity index (χ3v) is 8.97. The zero-order chi connectivity index (χ0) is 32.5. The van der Waals surface area contributed by atoms with Gasteiger partial charge in [0.05, 0.1) is 5.92 Å². The molecule has 0 rings (SSSR count). The smallest absolute Gasteiger partial charge is 0.309 e. The summed E-state index contributed by atoms with van der Waals surface area (Å²) in [5.41, 5.74) is 0. The van der Waals surface area contributed by atoms with Gasteiger partial charge in [-0.1, -0.05) is 162 Å². The van der Waals surface area contributed by atoms with Crippen molar-refractivity contribution in [3.8, 4) is 0 Å². The van der Waals surface area contributed by atoms with Crippen molar-refractivity contribution in [3.05, 3.63) is 0 Å². The second-order valence-corrected chi connectivity index (χ2v) is 13.8. The number of hydrogen-bond donors (Lipinski definition) is 0. The van der Waals surface area contributed by atoms with Gasteiger partial charge in [0.15, 0.2) is 0 Å². The number of nitrogens with zero attached hydrogens (tertiary/aromatic N) is 1. The quantitative estimate of drug-likeness (QED) is 0.0527. The zero-order valence-corrected chi connectivity index (χ0v) is 30.4. The molecule has 44 heavy (non-hydrogen) atoms. The average molecular weight is 624 g/mol. The summed E-state index contributed by atoms with van der Waals surface area (Å²) in [5.74, 6) is -0.270. The molecule has 0 N–H and O–H groups in total. The van der Waals surface area contributed by atoms with Crippen molar-refractivity contribution in [2.24, 2.45) is 5.92 Å². The molecule has 2 unspecified atom stereocenters. The largest absolute Gasteiger partial charge is 0.462 e. The lowest BCUT2D eigenvalue weighted by atomic mass is 9.95. The number of ether oxygens (including phenoxy) is 2. The normalized spacial score (nSPS) is 12.9. The minimum Gasteiger partial charge on any atom is -0.462 e. The monoisotopic (exact) mass is 624 g/mol. The molecule has 0 saturated carbocycles. The van der Waals surface area contributed by atoms with E-state index in [0.29, 0.717) is 6.42 Å². The summed E-state index contributed by atoms with van der Waals surface area (Å²) in [7, 11) is 4.04. The molecule has 0 aromatic rings. The van der Waals surface area contributed by atoms with Crippen LogP contribution in [0.5, 0.6) is 0 Å². The van der Waals surface area contributed by atoms with Crippen LogP contribution in [0.2, 0.25) is 0 Å². The molecule has 0 aliphatic carbocycles. The molecule has 262 valence electrons. The van der Waals surface area contributed by atoms with E-state index in [4.69, 9.17) is 9.47 Å². The number of carbonyl (C=O) groups excluding carboxylic acids is 2. The van der Waals surface area contributed by atoms with Gasteiger partial charge in [0.25, 0.3) is 0 Å². The fourth-order valence-corrected chi connectivity index (χ4v) is 6.00. The summed E-state index contributed by atoms with van der Waals surface area (Å²) in [5, 5.41) is 0. The van der Waals surface area contributed by atoms with Crippen LogP contribution >= 0.6 is 0 Å². The standard InChI is InChI=1S/C39H77NO4/c1-6-9-12-14-16-18-20-22-24-26-28-32-37(44-38(41)33-29-34-40(4)5)35-43-39(42)36(30-11-8-3)31-27-25-23-21-19-17-15-13-10-7-2/h36-37H,6-35H2,1-5H3. The van der Waals surface area contributed by atoms with Gasteiger partial charge in [0, 0.05) is 6.42 Å². The van der Waals surface area contributed by atoms with Gasteiger partial charge in [-0.3, -0.25) is 9.59 Å². The highest BCUT2D eigenvalue weighted by molar-refractivity contribution is 5.72. The van der Waals surface area contributed by atoms with Crippen molar-refractivity contribution in [2.45, 2.75) is 207 Å². The molecule has 0 radical (unpaired) electrons. The van der Waals surface area contributed by atoms with Crippen LogP contribution in [0.15, 0.2) is 0 Å². The predicted octanol–water partition coefficient (Wildman–Crippen LogP) is 11.6. The molecule has 0 aromatic carbocycles. The first-order chi connectivity index (χ1) is 21.4. The van der Waals surface area contributed by atoms with Crippen LogP contribution in [0.4, 0.5) is 0 Å². The summed E-state index contributed by atoms with van der Waals surface area (Å²) in [6.07, 6.45) is 32.9. The minimum atomic E-state index is -0.325. The van der Waals surface area contributed by atoms with Gasteiger partial charge in [-0.25, -0.2) is 0 Å². The Morgan fingerprint density at radius 2 is 0.932 bits per heavy atom. The Bertz CT molecular complexity index is 623. The molecule has 0 aromatic heterocycles. The van der Waals surface area contributed by atoms with E-state index in [9.17, 15) is 9.59 Å². The lowest BCUT2D eigenvalue weighted by molar-refractivity contribution is -0.162. The lowest BCUT2D eigenvalue weighted by Gasteiger charge is -2.21. The van der Waals surface area contributed by atoms with Crippen molar-refractivity contribution in [2.75, 3.05) is 27.2 Å². The lowest BCUT2D eigenvalue weighted by Crippen LogP contribution is -2.28. The number of esters is 2. The third-order valence-electron chi connectivity index (χ3n) is 8.97. The first kappa shape index (κ1) is 42.9. The van der Waals surface area contributed by atoms with Crippen molar-refractivity contribution in [1.82, 2.24) is 4.90 Å². The molecule has 0 fully saturated rings. The van der Waals surface area contributed by atoms with E-state index in [0.717, 1.165) is 64.3 Å². The van der Waals surface area contributed by atoms with Crippen LogP contribution in [-0.4, -0.2) is 50.2 Å². The van der Waals surface area contributed by atoms with E-state index in [1.54, 1.807) is 0 Å². The number of unbranched alkanes of at least 4 members (excludes halogenated alkanes) is 20.